The van der Waals surface area contributed by atoms with Crippen LogP contribution in [-0.2, 0) is 22.2 Å². The van der Waals surface area contributed by atoms with Crippen molar-refractivity contribution in [1.82, 2.24) is 0 Å². The number of hydrogen-bond acceptors (Lipinski definition) is 2. The van der Waals surface area contributed by atoms with Crippen LogP contribution in [0.15, 0.2) is 30.3 Å². The quantitative estimate of drug-likeness (QED) is 0.393. The Morgan fingerprint density at radius 2 is 1.73 bits per heavy atom. The molecule has 1 unspecified atom stereocenters. The molecule has 4 heteroatoms. The predicted octanol–water partition coefficient (Wildman–Crippen LogP) is 8.80. The standard InChI is InChI=1S/C29H43FO2Si/c1-19(2)23-15-21-16-29(6,7)17-25(32-33(9,10)28(3,4)5)27(21)26(24(23)18-31-8)20-11-13-22(30)14-12-20/h11-15,19,25H,16-18H2,1-10H3. The average Bonchev–Trinajstić information content (AvgIpc) is 2.66. The minimum absolute atomic E-state index is 0.0153. The molecule has 0 amide bonds. The summed E-state index contributed by atoms with van der Waals surface area (Å²) in [6.45, 7) is 21.3. The normalized spacial score (nSPS) is 18.5. The molecule has 182 valence electrons. The van der Waals surface area contributed by atoms with Crippen molar-refractivity contribution in [2.24, 2.45) is 5.41 Å². The molecule has 0 N–H and O–H groups in total. The van der Waals surface area contributed by atoms with Crippen LogP contribution in [0.3, 0.4) is 0 Å². The second-order valence-corrected chi connectivity index (χ2v) is 17.2. The van der Waals surface area contributed by atoms with Crippen LogP contribution in [0, 0.1) is 11.2 Å². The molecule has 1 aliphatic rings. The van der Waals surface area contributed by atoms with Crippen molar-refractivity contribution < 1.29 is 13.6 Å². The van der Waals surface area contributed by atoms with Gasteiger partial charge < -0.3 is 9.16 Å². The lowest BCUT2D eigenvalue weighted by Crippen LogP contribution is -2.43. The van der Waals surface area contributed by atoms with E-state index in [1.54, 1.807) is 19.2 Å². The van der Waals surface area contributed by atoms with Gasteiger partial charge in [-0.2, -0.15) is 0 Å². The molecule has 0 fully saturated rings. The van der Waals surface area contributed by atoms with E-state index in [2.05, 4.69) is 67.6 Å². The van der Waals surface area contributed by atoms with Gasteiger partial charge >= 0.3 is 0 Å². The SMILES string of the molecule is COCc1c(C(C)C)cc2c(c1-c1ccc(F)cc1)C(O[Si](C)(C)C(C)(C)C)CC(C)(C)C2. The maximum absolute atomic E-state index is 13.9. The fraction of sp³-hybridized carbons (Fsp3) is 0.586. The fourth-order valence-electron chi connectivity index (χ4n) is 4.92. The summed E-state index contributed by atoms with van der Waals surface area (Å²) in [5, 5.41) is 0.123. The van der Waals surface area contributed by atoms with Gasteiger partial charge in [-0.15, -0.1) is 0 Å². The minimum atomic E-state index is -2.02. The van der Waals surface area contributed by atoms with E-state index in [0.29, 0.717) is 12.5 Å². The molecule has 0 spiro atoms. The second-order valence-electron chi connectivity index (χ2n) is 12.4. The molecular weight excluding hydrogens is 427 g/mol. The first-order chi connectivity index (χ1) is 15.2. The van der Waals surface area contributed by atoms with Crippen molar-refractivity contribution in [3.8, 4) is 11.1 Å². The third kappa shape index (κ3) is 5.44. The number of benzene rings is 2. The lowest BCUT2D eigenvalue weighted by molar-refractivity contribution is 0.108. The molecular formula is C29H43FO2Si. The minimum Gasteiger partial charge on any atom is -0.410 e. The maximum atomic E-state index is 13.9. The lowest BCUT2D eigenvalue weighted by atomic mass is 9.69. The Balaban J connectivity index is 2.35. The van der Waals surface area contributed by atoms with Crippen molar-refractivity contribution in [1.29, 1.82) is 0 Å². The van der Waals surface area contributed by atoms with E-state index in [1.165, 1.54) is 27.8 Å². The number of ether oxygens (including phenoxy) is 1. The average molecular weight is 471 g/mol. The summed E-state index contributed by atoms with van der Waals surface area (Å²) in [5.74, 6) is 0.153. The summed E-state index contributed by atoms with van der Waals surface area (Å²) in [6.07, 6.45) is 2.01. The van der Waals surface area contributed by atoms with E-state index in [-0.39, 0.29) is 22.4 Å². The first-order valence-electron chi connectivity index (χ1n) is 12.3. The van der Waals surface area contributed by atoms with Gasteiger partial charge in [0.25, 0.3) is 0 Å². The zero-order chi connectivity index (χ0) is 24.8. The largest absolute Gasteiger partial charge is 0.410 e. The van der Waals surface area contributed by atoms with Gasteiger partial charge in [0.15, 0.2) is 8.32 Å². The van der Waals surface area contributed by atoms with Crippen molar-refractivity contribution in [2.75, 3.05) is 7.11 Å². The van der Waals surface area contributed by atoms with Gasteiger partial charge in [-0.1, -0.05) is 66.7 Å². The Labute approximate surface area is 202 Å². The number of rotatable bonds is 6. The van der Waals surface area contributed by atoms with E-state index in [9.17, 15) is 4.39 Å². The van der Waals surface area contributed by atoms with Gasteiger partial charge in [-0.3, -0.25) is 0 Å². The highest BCUT2D eigenvalue weighted by atomic mass is 28.4. The Bertz CT molecular complexity index is 984. The van der Waals surface area contributed by atoms with Gasteiger partial charge in [0.2, 0.25) is 0 Å². The molecule has 0 aromatic heterocycles. The summed E-state index contributed by atoms with van der Waals surface area (Å²) in [4.78, 5) is 0. The van der Waals surface area contributed by atoms with Crippen molar-refractivity contribution in [3.63, 3.8) is 0 Å². The summed E-state index contributed by atoms with van der Waals surface area (Å²) >= 11 is 0. The van der Waals surface area contributed by atoms with E-state index < -0.39 is 8.32 Å². The van der Waals surface area contributed by atoms with Gasteiger partial charge in [-0.25, -0.2) is 4.39 Å². The predicted molar refractivity (Wildman–Crippen MR) is 140 cm³/mol. The van der Waals surface area contributed by atoms with Crippen LogP contribution in [0.25, 0.3) is 11.1 Å². The summed E-state index contributed by atoms with van der Waals surface area (Å²) in [7, 11) is -0.264. The molecule has 0 aliphatic heterocycles. The zero-order valence-electron chi connectivity index (χ0n) is 22.4. The van der Waals surface area contributed by atoms with Gasteiger partial charge in [0, 0.05) is 7.11 Å². The Morgan fingerprint density at radius 1 is 1.12 bits per heavy atom. The Kier molecular flexibility index (Phi) is 7.34. The molecule has 2 nitrogen and oxygen atoms in total. The van der Waals surface area contributed by atoms with Crippen LogP contribution in [0.2, 0.25) is 18.1 Å². The van der Waals surface area contributed by atoms with E-state index >= 15 is 0 Å². The van der Waals surface area contributed by atoms with Crippen LogP contribution in [-0.4, -0.2) is 15.4 Å². The maximum Gasteiger partial charge on any atom is 0.192 e. The number of fused-ring (bicyclic) bond motifs is 1. The monoisotopic (exact) mass is 470 g/mol. The fourth-order valence-corrected chi connectivity index (χ4v) is 6.19. The molecule has 0 saturated carbocycles. The highest BCUT2D eigenvalue weighted by Crippen LogP contribution is 2.51. The Hall–Kier alpha value is -1.49. The molecule has 3 rings (SSSR count). The van der Waals surface area contributed by atoms with Crippen molar-refractivity contribution in [3.05, 3.63) is 58.4 Å². The van der Waals surface area contributed by atoms with Crippen molar-refractivity contribution >= 4 is 8.32 Å². The molecule has 1 atom stereocenters. The van der Waals surface area contributed by atoms with E-state index in [4.69, 9.17) is 9.16 Å². The van der Waals surface area contributed by atoms with Crippen LogP contribution in [0.1, 0.15) is 89.2 Å². The molecule has 0 heterocycles. The van der Waals surface area contributed by atoms with E-state index in [1.807, 2.05) is 12.1 Å². The number of methoxy groups -OCH3 is 1. The molecule has 1 aliphatic carbocycles. The third-order valence-corrected chi connectivity index (χ3v) is 12.1. The van der Waals surface area contributed by atoms with Crippen LogP contribution < -0.4 is 0 Å². The summed E-state index contributed by atoms with van der Waals surface area (Å²) in [6, 6.07) is 9.37. The topological polar surface area (TPSA) is 18.5 Å². The molecule has 2 aromatic rings. The van der Waals surface area contributed by atoms with Crippen LogP contribution in [0.5, 0.6) is 0 Å². The molecule has 0 saturated heterocycles. The lowest BCUT2D eigenvalue weighted by Gasteiger charge is -2.45. The first kappa shape index (κ1) is 26.1. The number of hydrogen-bond donors (Lipinski definition) is 0. The molecule has 0 bridgehead atoms. The summed E-state index contributed by atoms with van der Waals surface area (Å²) in [5.41, 5.74) is 7.58. The first-order valence-corrected chi connectivity index (χ1v) is 15.2. The smallest absolute Gasteiger partial charge is 0.192 e. The highest BCUT2D eigenvalue weighted by molar-refractivity contribution is 6.74. The third-order valence-electron chi connectivity index (χ3n) is 7.61. The zero-order valence-corrected chi connectivity index (χ0v) is 23.4. The van der Waals surface area contributed by atoms with Crippen LogP contribution >= 0.6 is 0 Å². The van der Waals surface area contributed by atoms with Gasteiger partial charge in [0.05, 0.1) is 12.7 Å². The highest BCUT2D eigenvalue weighted by Gasteiger charge is 2.44. The van der Waals surface area contributed by atoms with Gasteiger partial charge in [0.1, 0.15) is 5.82 Å². The van der Waals surface area contributed by atoms with Crippen LogP contribution in [0.4, 0.5) is 4.39 Å². The molecule has 33 heavy (non-hydrogen) atoms. The van der Waals surface area contributed by atoms with E-state index in [0.717, 1.165) is 18.4 Å². The van der Waals surface area contributed by atoms with Gasteiger partial charge in [-0.05, 0) is 87.8 Å². The molecule has 2 aromatic carbocycles. The van der Waals surface area contributed by atoms with Crippen molar-refractivity contribution in [2.45, 2.75) is 98.1 Å². The second kappa shape index (κ2) is 9.28. The summed E-state index contributed by atoms with van der Waals surface area (Å²) < 4.78 is 26.8. The number of halogens is 1. The Morgan fingerprint density at radius 3 is 2.24 bits per heavy atom. The molecule has 0 radical (unpaired) electrons.